The standard InChI is InChI=1S/C26H35Cl2N7O3/c1-34-20(12-19(33-34)16-8-5-9-18(27)23(16)28)17-10-11-35(14-21(17)36)22(37)13-31-25(38)24(32-26(29)30)15-6-3-2-4-7-15/h5,8-9,12,15,17,21,24,36H,2-4,6-7,10-11,13-14H2,1H3,(H,31,38)(H4,29,30,32)/t17?,21?,24-/m1/s1. The lowest BCUT2D eigenvalue weighted by molar-refractivity contribution is -0.136. The number of hydrogen-bond donors (Lipinski definition) is 4. The quantitative estimate of drug-likeness (QED) is 0.300. The van der Waals surface area contributed by atoms with Gasteiger partial charge in [-0.05, 0) is 37.3 Å². The van der Waals surface area contributed by atoms with E-state index in [2.05, 4.69) is 15.4 Å². The Morgan fingerprint density at radius 3 is 2.63 bits per heavy atom. The Hall–Kier alpha value is -2.82. The van der Waals surface area contributed by atoms with E-state index in [1.807, 2.05) is 25.2 Å². The number of carbonyl (C=O) groups is 2. The molecule has 1 saturated heterocycles. The predicted molar refractivity (Wildman–Crippen MR) is 148 cm³/mol. The summed E-state index contributed by atoms with van der Waals surface area (Å²) in [4.78, 5) is 31.5. The molecule has 38 heavy (non-hydrogen) atoms. The third-order valence-corrected chi connectivity index (χ3v) is 8.34. The van der Waals surface area contributed by atoms with Crippen LogP contribution in [0.25, 0.3) is 11.3 Å². The molecule has 0 spiro atoms. The number of β-amino-alcohol motifs (C(OH)–C–C–N with tert-alkyl or cyclic N) is 1. The van der Waals surface area contributed by atoms with Crippen LogP contribution in [0, 0.1) is 5.92 Å². The van der Waals surface area contributed by atoms with Crippen molar-refractivity contribution in [2.75, 3.05) is 19.6 Å². The van der Waals surface area contributed by atoms with Crippen molar-refractivity contribution < 1.29 is 14.7 Å². The van der Waals surface area contributed by atoms with Crippen LogP contribution in [-0.4, -0.2) is 69.3 Å². The number of likely N-dealkylation sites (tertiary alicyclic amines) is 1. The fourth-order valence-corrected chi connectivity index (χ4v) is 5.93. The number of rotatable bonds is 7. The van der Waals surface area contributed by atoms with E-state index < -0.39 is 12.1 Å². The fraction of sp³-hybridized carbons (Fsp3) is 0.538. The van der Waals surface area contributed by atoms with Crippen LogP contribution in [0.4, 0.5) is 0 Å². The lowest BCUT2D eigenvalue weighted by atomic mass is 9.83. The number of nitrogens with two attached hydrogens (primary N) is 2. The Kier molecular flexibility index (Phi) is 9.17. The summed E-state index contributed by atoms with van der Waals surface area (Å²) < 4.78 is 1.73. The van der Waals surface area contributed by atoms with Crippen molar-refractivity contribution in [1.29, 1.82) is 0 Å². The third kappa shape index (κ3) is 6.42. The number of aromatic nitrogens is 2. The molecule has 4 rings (SSSR count). The summed E-state index contributed by atoms with van der Waals surface area (Å²) in [7, 11) is 1.82. The number of amides is 2. The second-order valence-corrected chi connectivity index (χ2v) is 10.9. The number of piperidine rings is 1. The summed E-state index contributed by atoms with van der Waals surface area (Å²) in [5.74, 6) is -0.904. The van der Waals surface area contributed by atoms with Gasteiger partial charge < -0.3 is 26.8 Å². The van der Waals surface area contributed by atoms with Crippen molar-refractivity contribution in [3.8, 4) is 11.3 Å². The first kappa shape index (κ1) is 28.2. The number of aryl methyl sites for hydroxylation is 1. The minimum absolute atomic E-state index is 0.0594. The zero-order chi connectivity index (χ0) is 27.4. The maximum Gasteiger partial charge on any atom is 0.245 e. The van der Waals surface area contributed by atoms with Crippen molar-refractivity contribution >= 4 is 41.0 Å². The maximum absolute atomic E-state index is 12.9. The summed E-state index contributed by atoms with van der Waals surface area (Å²) >= 11 is 12.5. The van der Waals surface area contributed by atoms with Crippen LogP contribution in [0.2, 0.25) is 10.0 Å². The molecule has 1 aliphatic heterocycles. The van der Waals surface area contributed by atoms with E-state index in [1.165, 1.54) is 0 Å². The van der Waals surface area contributed by atoms with Crippen molar-refractivity contribution in [1.82, 2.24) is 20.0 Å². The molecule has 2 aromatic rings. The SMILES string of the molecule is Cn1nc(-c2cccc(Cl)c2Cl)cc1C1CCN(C(=O)CNC(=O)[C@H](N=C(N)N)C2CCCCC2)CC1O. The molecule has 1 saturated carbocycles. The smallest absolute Gasteiger partial charge is 0.245 e. The third-order valence-electron chi connectivity index (χ3n) is 7.53. The van der Waals surface area contributed by atoms with Crippen LogP contribution >= 0.6 is 23.2 Å². The Balaban J connectivity index is 1.36. The molecule has 206 valence electrons. The maximum atomic E-state index is 12.9. The van der Waals surface area contributed by atoms with Crippen LogP contribution in [0.15, 0.2) is 29.3 Å². The largest absolute Gasteiger partial charge is 0.391 e. The number of aliphatic hydroxyl groups excluding tert-OH is 1. The molecule has 12 heteroatoms. The van der Waals surface area contributed by atoms with Gasteiger partial charge in [0.15, 0.2) is 5.96 Å². The summed E-state index contributed by atoms with van der Waals surface area (Å²) in [6.07, 6.45) is 4.70. The van der Waals surface area contributed by atoms with E-state index in [0.717, 1.165) is 37.8 Å². The molecule has 1 aliphatic carbocycles. The molecule has 10 nitrogen and oxygen atoms in total. The van der Waals surface area contributed by atoms with Gasteiger partial charge in [-0.25, -0.2) is 4.99 Å². The molecule has 2 aliphatic rings. The van der Waals surface area contributed by atoms with E-state index in [9.17, 15) is 14.7 Å². The van der Waals surface area contributed by atoms with E-state index in [0.29, 0.717) is 34.3 Å². The van der Waals surface area contributed by atoms with E-state index in [1.54, 1.807) is 15.6 Å². The summed E-state index contributed by atoms with van der Waals surface area (Å²) in [5, 5.41) is 19.1. The number of hydrogen-bond acceptors (Lipinski definition) is 5. The molecule has 6 N–H and O–H groups in total. The molecule has 2 heterocycles. The lowest BCUT2D eigenvalue weighted by Crippen LogP contribution is -2.50. The highest BCUT2D eigenvalue weighted by molar-refractivity contribution is 6.43. The molecule has 0 bridgehead atoms. The van der Waals surface area contributed by atoms with Gasteiger partial charge in [0.1, 0.15) is 6.04 Å². The zero-order valence-corrected chi connectivity index (χ0v) is 23.0. The first-order valence-corrected chi connectivity index (χ1v) is 13.7. The van der Waals surface area contributed by atoms with Gasteiger partial charge in [0.25, 0.3) is 0 Å². The highest BCUT2D eigenvalue weighted by Crippen LogP contribution is 2.36. The van der Waals surface area contributed by atoms with Gasteiger partial charge in [-0.15, -0.1) is 0 Å². The zero-order valence-electron chi connectivity index (χ0n) is 21.4. The molecule has 2 fully saturated rings. The van der Waals surface area contributed by atoms with Gasteiger partial charge in [-0.1, -0.05) is 54.6 Å². The highest BCUT2D eigenvalue weighted by atomic mass is 35.5. The number of aliphatic imine (C=N–C) groups is 1. The normalized spacial score (nSPS) is 21.1. The van der Waals surface area contributed by atoms with E-state index in [-0.39, 0.29) is 42.7 Å². The lowest BCUT2D eigenvalue weighted by Gasteiger charge is -2.36. The molecule has 2 unspecified atom stereocenters. The minimum Gasteiger partial charge on any atom is -0.391 e. The highest BCUT2D eigenvalue weighted by Gasteiger charge is 2.34. The van der Waals surface area contributed by atoms with E-state index >= 15 is 0 Å². The van der Waals surface area contributed by atoms with Crippen LogP contribution < -0.4 is 16.8 Å². The van der Waals surface area contributed by atoms with Gasteiger partial charge in [-0.3, -0.25) is 14.3 Å². The van der Waals surface area contributed by atoms with Crippen LogP contribution in [-0.2, 0) is 16.6 Å². The first-order chi connectivity index (χ1) is 18.2. The van der Waals surface area contributed by atoms with Gasteiger partial charge in [0.05, 0.1) is 28.4 Å². The number of aliphatic hydroxyl groups is 1. The van der Waals surface area contributed by atoms with E-state index in [4.69, 9.17) is 34.7 Å². The number of nitrogens with zero attached hydrogens (tertiary/aromatic N) is 4. The Bertz CT molecular complexity index is 1190. The molecule has 1 aromatic heterocycles. The molecule has 0 radical (unpaired) electrons. The molecular formula is C26H35Cl2N7O3. The van der Waals surface area contributed by atoms with Crippen molar-refractivity contribution in [2.45, 2.75) is 56.6 Å². The Morgan fingerprint density at radius 1 is 1.21 bits per heavy atom. The number of nitrogens with one attached hydrogen (secondary N) is 1. The summed E-state index contributed by atoms with van der Waals surface area (Å²) in [5.41, 5.74) is 13.4. The average Bonchev–Trinajstić information content (AvgIpc) is 3.28. The van der Waals surface area contributed by atoms with Crippen molar-refractivity contribution in [3.05, 3.63) is 40.0 Å². The number of halogens is 2. The first-order valence-electron chi connectivity index (χ1n) is 13.0. The Labute approximate surface area is 232 Å². The van der Waals surface area contributed by atoms with Gasteiger partial charge in [0.2, 0.25) is 11.8 Å². The molecule has 3 atom stereocenters. The second-order valence-electron chi connectivity index (χ2n) is 10.1. The summed E-state index contributed by atoms with van der Waals surface area (Å²) in [6, 6.07) is 6.57. The monoisotopic (exact) mass is 563 g/mol. The molecular weight excluding hydrogens is 529 g/mol. The van der Waals surface area contributed by atoms with Crippen molar-refractivity contribution in [2.24, 2.45) is 29.4 Å². The molecule has 2 amide bonds. The molecule has 1 aromatic carbocycles. The average molecular weight is 565 g/mol. The van der Waals surface area contributed by atoms with Crippen LogP contribution in [0.5, 0.6) is 0 Å². The predicted octanol–water partition coefficient (Wildman–Crippen LogP) is 2.41. The fourth-order valence-electron chi connectivity index (χ4n) is 5.53. The minimum atomic E-state index is -0.793. The number of guanidine groups is 1. The van der Waals surface area contributed by atoms with Gasteiger partial charge in [-0.2, -0.15) is 5.10 Å². The Morgan fingerprint density at radius 2 is 1.95 bits per heavy atom. The van der Waals surface area contributed by atoms with Crippen molar-refractivity contribution in [3.63, 3.8) is 0 Å². The van der Waals surface area contributed by atoms with Gasteiger partial charge in [0, 0.05) is 37.3 Å². The number of carbonyl (C=O) groups excluding carboxylic acids is 2. The summed E-state index contributed by atoms with van der Waals surface area (Å²) in [6.45, 7) is 0.412. The van der Waals surface area contributed by atoms with Crippen LogP contribution in [0.3, 0.4) is 0 Å². The van der Waals surface area contributed by atoms with Crippen LogP contribution in [0.1, 0.15) is 50.1 Å². The second kappa shape index (κ2) is 12.4. The topological polar surface area (TPSA) is 152 Å². The number of benzene rings is 1. The van der Waals surface area contributed by atoms with Gasteiger partial charge >= 0.3 is 0 Å².